The predicted molar refractivity (Wildman–Crippen MR) is 123 cm³/mol. The Hall–Kier alpha value is -1.61. The molecular weight excluding hydrogens is 412 g/mol. The molecule has 0 amide bonds. The van der Waals surface area contributed by atoms with Crippen LogP contribution in [0.4, 0.5) is 0 Å². The summed E-state index contributed by atoms with van der Waals surface area (Å²) < 4.78 is 6.40. The van der Waals surface area contributed by atoms with Crippen molar-refractivity contribution in [3.63, 3.8) is 0 Å². The molecule has 0 atom stereocenters. The molecule has 0 radical (unpaired) electrons. The van der Waals surface area contributed by atoms with Gasteiger partial charge in [-0.2, -0.15) is 5.16 Å². The molecule has 8 heteroatoms. The van der Waals surface area contributed by atoms with E-state index >= 15 is 0 Å². The maximum Gasteiger partial charge on any atom is 0.444 e. The van der Waals surface area contributed by atoms with Gasteiger partial charge in [-0.3, -0.25) is 0 Å². The minimum Gasteiger partial charge on any atom is -0.322 e. The van der Waals surface area contributed by atoms with E-state index in [1.165, 1.54) is 55.8 Å². The van der Waals surface area contributed by atoms with Crippen molar-refractivity contribution < 1.29 is 24.1 Å². The van der Waals surface area contributed by atoms with Gasteiger partial charge in [0.15, 0.2) is 5.65 Å². The second-order valence-corrected chi connectivity index (χ2v) is 8.41. The quantitative estimate of drug-likeness (QED) is 0.147. The third kappa shape index (κ3) is 8.73. The number of aromatic amines is 1. The van der Waals surface area contributed by atoms with E-state index in [0.29, 0.717) is 24.6 Å². The molecule has 0 bridgehead atoms. The summed E-state index contributed by atoms with van der Waals surface area (Å²) in [4.78, 5) is 33.7. The van der Waals surface area contributed by atoms with E-state index in [9.17, 15) is 4.79 Å². The molecular formula is C24H42N2O6. The second kappa shape index (κ2) is 16.1. The van der Waals surface area contributed by atoms with Gasteiger partial charge in [0.05, 0.1) is 18.9 Å². The molecule has 0 fully saturated rings. The molecule has 0 spiro atoms. The summed E-state index contributed by atoms with van der Waals surface area (Å²) in [6.45, 7) is 7.79. The van der Waals surface area contributed by atoms with Crippen LogP contribution >= 0.6 is 0 Å². The van der Waals surface area contributed by atoms with E-state index in [2.05, 4.69) is 19.0 Å². The van der Waals surface area contributed by atoms with Crippen molar-refractivity contribution in [1.29, 1.82) is 0 Å². The van der Waals surface area contributed by atoms with Gasteiger partial charge >= 0.3 is 5.76 Å². The van der Waals surface area contributed by atoms with E-state index in [1.807, 2.05) is 6.92 Å². The van der Waals surface area contributed by atoms with Gasteiger partial charge in [0.25, 0.3) is 0 Å². The van der Waals surface area contributed by atoms with Crippen molar-refractivity contribution in [3.05, 3.63) is 27.4 Å². The van der Waals surface area contributed by atoms with Crippen molar-refractivity contribution >= 4 is 5.65 Å². The fourth-order valence-corrected chi connectivity index (χ4v) is 3.80. The zero-order valence-corrected chi connectivity index (χ0v) is 20.2. The minimum atomic E-state index is -0.489. The van der Waals surface area contributed by atoms with E-state index < -0.39 is 5.76 Å². The van der Waals surface area contributed by atoms with Crippen LogP contribution in [0, 0.1) is 6.92 Å². The monoisotopic (exact) mass is 454 g/mol. The van der Waals surface area contributed by atoms with Crippen molar-refractivity contribution in [1.82, 2.24) is 9.56 Å². The number of hydrogen-bond donors (Lipinski definition) is 1. The number of unbranched alkanes of at least 4 members (excludes halogenated alkanes) is 10. The Morgan fingerprint density at radius 2 is 1.28 bits per heavy atom. The molecule has 2 heterocycles. The zero-order valence-electron chi connectivity index (χ0n) is 20.2. The molecule has 2 rings (SSSR count). The SMILES string of the molecule is CCCCCCCCOOCc1c(C)c2[nH]oc(=O)n2c1COOCCCCCCCC. The van der Waals surface area contributed by atoms with Gasteiger partial charge in [0.2, 0.25) is 0 Å². The lowest BCUT2D eigenvalue weighted by atomic mass is 10.1. The average Bonchev–Trinajstić information content (AvgIpc) is 3.29. The molecule has 0 saturated carbocycles. The summed E-state index contributed by atoms with van der Waals surface area (Å²) in [5.74, 6) is -0.489. The number of H-pyrrole nitrogens is 1. The summed E-state index contributed by atoms with van der Waals surface area (Å²) in [6, 6.07) is 0. The van der Waals surface area contributed by atoms with Crippen LogP contribution in [0.1, 0.15) is 108 Å². The molecule has 2 aromatic heterocycles. The first-order valence-electron chi connectivity index (χ1n) is 12.4. The van der Waals surface area contributed by atoms with Crippen molar-refractivity contribution in [2.24, 2.45) is 0 Å². The van der Waals surface area contributed by atoms with Crippen molar-refractivity contribution in [3.8, 4) is 0 Å². The molecule has 8 nitrogen and oxygen atoms in total. The Bertz CT molecular complexity index is 794. The van der Waals surface area contributed by atoms with E-state index in [4.69, 9.17) is 24.1 Å². The lowest BCUT2D eigenvalue weighted by Gasteiger charge is -2.08. The second-order valence-electron chi connectivity index (χ2n) is 8.41. The highest BCUT2D eigenvalue weighted by molar-refractivity contribution is 5.54. The van der Waals surface area contributed by atoms with Gasteiger partial charge in [0.1, 0.15) is 13.2 Å². The number of fused-ring (bicyclic) bond motifs is 1. The highest BCUT2D eigenvalue weighted by Gasteiger charge is 2.20. The molecule has 0 aromatic carbocycles. The fourth-order valence-electron chi connectivity index (χ4n) is 3.80. The molecule has 2 aromatic rings. The average molecular weight is 455 g/mol. The highest BCUT2D eigenvalue weighted by Crippen LogP contribution is 2.23. The summed E-state index contributed by atoms with van der Waals surface area (Å²) in [5.41, 5.74) is 2.96. The largest absolute Gasteiger partial charge is 0.444 e. The number of nitrogens with zero attached hydrogens (tertiary/aromatic N) is 1. The lowest BCUT2D eigenvalue weighted by molar-refractivity contribution is -0.309. The summed E-state index contributed by atoms with van der Waals surface area (Å²) in [5, 5.41) is 2.67. The standard InChI is InChI=1S/C24H42N2O6/c1-4-6-8-10-12-14-16-28-30-18-21-20(3)23-25-32-24(27)26(23)22(21)19-31-29-17-15-13-11-9-7-5-2/h25H,4-19H2,1-3H3. The Kier molecular flexibility index (Phi) is 13.4. The Labute approximate surface area is 191 Å². The van der Waals surface area contributed by atoms with E-state index in [1.54, 1.807) is 0 Å². The molecule has 0 aliphatic heterocycles. The molecule has 0 unspecified atom stereocenters. The van der Waals surface area contributed by atoms with Crippen LogP contribution in [0.15, 0.2) is 9.32 Å². The van der Waals surface area contributed by atoms with Crippen LogP contribution < -0.4 is 5.76 Å². The van der Waals surface area contributed by atoms with Gasteiger partial charge in [-0.15, -0.1) is 0 Å². The summed E-state index contributed by atoms with van der Waals surface area (Å²) >= 11 is 0. The highest BCUT2D eigenvalue weighted by atomic mass is 17.2. The smallest absolute Gasteiger partial charge is 0.322 e. The van der Waals surface area contributed by atoms with Crippen LogP contribution in [0.3, 0.4) is 0 Å². The predicted octanol–water partition coefficient (Wildman–Crippen LogP) is 6.15. The molecule has 1 N–H and O–H groups in total. The Morgan fingerprint density at radius 3 is 1.88 bits per heavy atom. The Balaban J connectivity index is 1.76. The van der Waals surface area contributed by atoms with Crippen LogP contribution in [0.5, 0.6) is 0 Å². The number of rotatable bonds is 20. The lowest BCUT2D eigenvalue weighted by Crippen LogP contribution is -2.12. The number of hydrogen-bond acceptors (Lipinski definition) is 6. The number of aromatic nitrogens is 2. The number of aryl methyl sites for hydroxylation is 1. The fraction of sp³-hybridized carbons (Fsp3) is 0.792. The zero-order chi connectivity index (χ0) is 23.0. The first kappa shape index (κ1) is 26.6. The third-order valence-corrected chi connectivity index (χ3v) is 5.80. The summed E-state index contributed by atoms with van der Waals surface area (Å²) in [6.07, 6.45) is 14.3. The number of nitrogens with one attached hydrogen (secondary N) is 1. The van der Waals surface area contributed by atoms with Gasteiger partial charge in [-0.25, -0.2) is 28.7 Å². The Morgan fingerprint density at radius 1 is 0.750 bits per heavy atom. The molecule has 0 aliphatic carbocycles. The first-order valence-corrected chi connectivity index (χ1v) is 12.4. The molecule has 0 saturated heterocycles. The van der Waals surface area contributed by atoms with Gasteiger partial charge in [0, 0.05) is 11.1 Å². The third-order valence-electron chi connectivity index (χ3n) is 5.80. The molecule has 32 heavy (non-hydrogen) atoms. The molecule has 184 valence electrons. The molecule has 0 aliphatic rings. The first-order chi connectivity index (χ1) is 15.7. The van der Waals surface area contributed by atoms with Crippen LogP contribution in [-0.4, -0.2) is 22.8 Å². The van der Waals surface area contributed by atoms with E-state index in [0.717, 1.165) is 36.8 Å². The minimum absolute atomic E-state index is 0.129. The van der Waals surface area contributed by atoms with Gasteiger partial charge in [-0.1, -0.05) is 78.1 Å². The van der Waals surface area contributed by atoms with Gasteiger partial charge < -0.3 is 4.52 Å². The maximum absolute atomic E-state index is 12.1. The van der Waals surface area contributed by atoms with Crippen molar-refractivity contribution in [2.75, 3.05) is 13.2 Å². The topological polar surface area (TPSA) is 87.3 Å². The van der Waals surface area contributed by atoms with Crippen LogP contribution in [-0.2, 0) is 32.8 Å². The normalized spacial score (nSPS) is 11.7. The van der Waals surface area contributed by atoms with Crippen LogP contribution in [0.25, 0.3) is 5.65 Å². The van der Waals surface area contributed by atoms with Gasteiger partial charge in [-0.05, 0) is 19.8 Å². The van der Waals surface area contributed by atoms with Crippen molar-refractivity contribution in [2.45, 2.75) is 111 Å². The summed E-state index contributed by atoms with van der Waals surface area (Å²) in [7, 11) is 0. The maximum atomic E-state index is 12.1. The van der Waals surface area contributed by atoms with Crippen LogP contribution in [0.2, 0.25) is 0 Å². The van der Waals surface area contributed by atoms with E-state index in [-0.39, 0.29) is 13.2 Å².